The standard InChI is InChI=1S/C27H25ClN4O5/c1-18(30(14-15-37-2)26(33)21-13-12-20(32(35)36)16-23(21)28)25-29-24-11-7-6-10-22(24)27(34)31(25)17-19-8-4-3-5-9-19/h3-13,16,18H,14-15,17H2,1-2H3. The first-order valence-corrected chi connectivity index (χ1v) is 12.0. The van der Waals surface area contributed by atoms with Crippen LogP contribution in [0.4, 0.5) is 5.69 Å². The number of hydrogen-bond acceptors (Lipinski definition) is 6. The minimum atomic E-state index is -0.657. The van der Waals surface area contributed by atoms with Crippen LogP contribution in [0.5, 0.6) is 0 Å². The molecule has 37 heavy (non-hydrogen) atoms. The maximum absolute atomic E-state index is 13.7. The molecule has 9 nitrogen and oxygen atoms in total. The third kappa shape index (κ3) is 5.52. The highest BCUT2D eigenvalue weighted by molar-refractivity contribution is 6.34. The molecular weight excluding hydrogens is 496 g/mol. The van der Waals surface area contributed by atoms with E-state index in [1.807, 2.05) is 30.3 Å². The Morgan fingerprint density at radius 2 is 1.84 bits per heavy atom. The summed E-state index contributed by atoms with van der Waals surface area (Å²) in [6.45, 7) is 2.45. The number of hydrogen-bond donors (Lipinski definition) is 0. The Morgan fingerprint density at radius 3 is 2.51 bits per heavy atom. The quantitative estimate of drug-likeness (QED) is 0.230. The van der Waals surface area contributed by atoms with Crippen molar-refractivity contribution in [1.82, 2.24) is 14.5 Å². The Bertz CT molecular complexity index is 1510. The first-order valence-electron chi connectivity index (χ1n) is 11.6. The Labute approximate surface area is 218 Å². The van der Waals surface area contributed by atoms with E-state index in [-0.39, 0.29) is 41.5 Å². The van der Waals surface area contributed by atoms with Crippen LogP contribution in [-0.4, -0.2) is 45.5 Å². The van der Waals surface area contributed by atoms with Crippen LogP contribution < -0.4 is 5.56 Å². The van der Waals surface area contributed by atoms with Gasteiger partial charge in [0.1, 0.15) is 5.82 Å². The van der Waals surface area contributed by atoms with Gasteiger partial charge in [-0.15, -0.1) is 0 Å². The number of fused-ring (bicyclic) bond motifs is 1. The highest BCUT2D eigenvalue weighted by atomic mass is 35.5. The fraction of sp³-hybridized carbons (Fsp3) is 0.222. The molecule has 0 aliphatic rings. The number of halogens is 1. The van der Waals surface area contributed by atoms with E-state index in [1.165, 1.54) is 24.1 Å². The largest absolute Gasteiger partial charge is 0.383 e. The Balaban J connectivity index is 1.83. The Morgan fingerprint density at radius 1 is 1.14 bits per heavy atom. The van der Waals surface area contributed by atoms with E-state index in [1.54, 1.807) is 35.8 Å². The van der Waals surface area contributed by atoms with Crippen LogP contribution in [-0.2, 0) is 11.3 Å². The number of ether oxygens (including phenoxy) is 1. The Kier molecular flexibility index (Phi) is 7.95. The van der Waals surface area contributed by atoms with Gasteiger partial charge in [-0.2, -0.15) is 0 Å². The second-order valence-corrected chi connectivity index (χ2v) is 8.86. The fourth-order valence-corrected chi connectivity index (χ4v) is 4.42. The molecule has 1 heterocycles. The van der Waals surface area contributed by atoms with Gasteiger partial charge in [0, 0.05) is 25.8 Å². The molecule has 0 radical (unpaired) electrons. The van der Waals surface area contributed by atoms with E-state index in [2.05, 4.69) is 0 Å². The third-order valence-corrected chi connectivity index (χ3v) is 6.42. The van der Waals surface area contributed by atoms with E-state index in [0.717, 1.165) is 11.6 Å². The maximum Gasteiger partial charge on any atom is 0.270 e. The molecule has 1 amide bonds. The molecule has 0 fully saturated rings. The average Bonchev–Trinajstić information content (AvgIpc) is 2.90. The van der Waals surface area contributed by atoms with E-state index in [9.17, 15) is 19.7 Å². The summed E-state index contributed by atoms with van der Waals surface area (Å²) in [7, 11) is 1.52. The van der Waals surface area contributed by atoms with Gasteiger partial charge in [-0.3, -0.25) is 24.3 Å². The van der Waals surface area contributed by atoms with Crippen molar-refractivity contribution >= 4 is 34.1 Å². The van der Waals surface area contributed by atoms with Crippen LogP contribution in [0.25, 0.3) is 10.9 Å². The van der Waals surface area contributed by atoms with Gasteiger partial charge in [0.05, 0.1) is 45.6 Å². The van der Waals surface area contributed by atoms with Crippen molar-refractivity contribution in [3.8, 4) is 0 Å². The topological polar surface area (TPSA) is 108 Å². The number of nitrogens with zero attached hydrogens (tertiary/aromatic N) is 4. The maximum atomic E-state index is 13.7. The van der Waals surface area contributed by atoms with Gasteiger partial charge < -0.3 is 9.64 Å². The zero-order valence-electron chi connectivity index (χ0n) is 20.3. The number of rotatable bonds is 9. The molecule has 4 aromatic rings. The summed E-state index contributed by atoms with van der Waals surface area (Å²) in [4.78, 5) is 44.1. The van der Waals surface area contributed by atoms with Gasteiger partial charge in [0.15, 0.2) is 0 Å². The van der Waals surface area contributed by atoms with Crippen LogP contribution in [0.3, 0.4) is 0 Å². The van der Waals surface area contributed by atoms with Crippen molar-refractivity contribution in [3.05, 3.63) is 115 Å². The second-order valence-electron chi connectivity index (χ2n) is 8.45. The highest BCUT2D eigenvalue weighted by Crippen LogP contribution is 2.28. The predicted octanol–water partition coefficient (Wildman–Crippen LogP) is 4.86. The SMILES string of the molecule is COCCN(C(=O)c1ccc([N+](=O)[O-])cc1Cl)C(C)c1nc2ccccc2c(=O)n1Cc1ccccc1. The van der Waals surface area contributed by atoms with Crippen LogP contribution in [0.2, 0.25) is 5.02 Å². The number of non-ortho nitro benzene ring substituents is 1. The minimum Gasteiger partial charge on any atom is -0.383 e. The molecule has 0 aliphatic carbocycles. The number of nitro groups is 1. The number of carbonyl (C=O) groups excluding carboxylic acids is 1. The van der Waals surface area contributed by atoms with E-state index in [0.29, 0.717) is 16.7 Å². The number of amides is 1. The molecule has 0 aliphatic heterocycles. The van der Waals surface area contributed by atoms with Crippen molar-refractivity contribution in [3.63, 3.8) is 0 Å². The van der Waals surface area contributed by atoms with Crippen molar-refractivity contribution in [2.24, 2.45) is 0 Å². The van der Waals surface area contributed by atoms with Crippen LogP contribution in [0.1, 0.15) is 34.7 Å². The first-order chi connectivity index (χ1) is 17.8. The summed E-state index contributed by atoms with van der Waals surface area (Å²) in [6.07, 6.45) is 0. The normalized spacial score (nSPS) is 11.9. The molecule has 0 bridgehead atoms. The molecule has 0 N–H and O–H groups in total. The summed E-state index contributed by atoms with van der Waals surface area (Å²) in [5, 5.41) is 11.6. The molecule has 1 aromatic heterocycles. The summed E-state index contributed by atoms with van der Waals surface area (Å²) in [5.41, 5.74) is 1.09. The number of para-hydroxylation sites is 1. The molecule has 4 rings (SSSR count). The van der Waals surface area contributed by atoms with Crippen molar-refractivity contribution in [1.29, 1.82) is 0 Å². The second kappa shape index (κ2) is 11.3. The van der Waals surface area contributed by atoms with Crippen LogP contribution in [0.15, 0.2) is 77.6 Å². The Hall–Kier alpha value is -4.08. The van der Waals surface area contributed by atoms with Crippen molar-refractivity contribution in [2.75, 3.05) is 20.3 Å². The van der Waals surface area contributed by atoms with Gasteiger partial charge in [-0.05, 0) is 30.7 Å². The lowest BCUT2D eigenvalue weighted by Gasteiger charge is -2.30. The van der Waals surface area contributed by atoms with Crippen LogP contribution in [0, 0.1) is 10.1 Å². The lowest BCUT2D eigenvalue weighted by Crippen LogP contribution is -2.39. The summed E-state index contributed by atoms with van der Waals surface area (Å²) in [5.74, 6) is -0.0619. The molecule has 0 spiro atoms. The van der Waals surface area contributed by atoms with Gasteiger partial charge >= 0.3 is 0 Å². The highest BCUT2D eigenvalue weighted by Gasteiger charge is 2.29. The summed E-state index contributed by atoms with van der Waals surface area (Å²) >= 11 is 6.29. The van der Waals surface area contributed by atoms with Crippen molar-refractivity contribution in [2.45, 2.75) is 19.5 Å². The lowest BCUT2D eigenvalue weighted by atomic mass is 10.1. The molecule has 1 unspecified atom stereocenters. The van der Waals surface area contributed by atoms with Crippen LogP contribution >= 0.6 is 11.6 Å². The molecule has 3 aromatic carbocycles. The number of carbonyl (C=O) groups is 1. The van der Waals surface area contributed by atoms with Gasteiger partial charge in [-0.25, -0.2) is 4.98 Å². The van der Waals surface area contributed by atoms with E-state index in [4.69, 9.17) is 21.3 Å². The number of methoxy groups -OCH3 is 1. The predicted molar refractivity (Wildman–Crippen MR) is 141 cm³/mol. The molecule has 0 saturated carbocycles. The molecule has 190 valence electrons. The molecule has 10 heteroatoms. The average molecular weight is 521 g/mol. The number of nitro benzene ring substituents is 1. The minimum absolute atomic E-state index is 0.0398. The molecule has 1 atom stereocenters. The van der Waals surface area contributed by atoms with E-state index < -0.39 is 16.9 Å². The summed E-state index contributed by atoms with van der Waals surface area (Å²) in [6, 6.07) is 19.6. The number of benzene rings is 3. The molecular formula is C27H25ClN4O5. The third-order valence-electron chi connectivity index (χ3n) is 6.11. The van der Waals surface area contributed by atoms with Gasteiger partial charge in [0.2, 0.25) is 0 Å². The zero-order chi connectivity index (χ0) is 26.5. The molecule has 0 saturated heterocycles. The van der Waals surface area contributed by atoms with Gasteiger partial charge in [0.25, 0.3) is 17.2 Å². The lowest BCUT2D eigenvalue weighted by molar-refractivity contribution is -0.384. The summed E-state index contributed by atoms with van der Waals surface area (Å²) < 4.78 is 6.82. The van der Waals surface area contributed by atoms with Crippen molar-refractivity contribution < 1.29 is 14.5 Å². The first kappa shape index (κ1) is 26.0. The smallest absolute Gasteiger partial charge is 0.270 e. The zero-order valence-corrected chi connectivity index (χ0v) is 21.1. The number of aromatic nitrogens is 2. The van der Waals surface area contributed by atoms with Gasteiger partial charge in [-0.1, -0.05) is 54.1 Å². The fourth-order valence-electron chi connectivity index (χ4n) is 4.17. The monoisotopic (exact) mass is 520 g/mol. The van der Waals surface area contributed by atoms with E-state index >= 15 is 0 Å².